The molecule has 4 rings (SSSR count). The highest BCUT2D eigenvalue weighted by molar-refractivity contribution is 6.01. The molecule has 0 aliphatic carbocycles. The van der Waals surface area contributed by atoms with E-state index in [9.17, 15) is 0 Å². The number of hydrogen-bond acceptors (Lipinski definition) is 0. The second-order valence-electron chi connectivity index (χ2n) is 6.55. The lowest BCUT2D eigenvalue weighted by Gasteiger charge is -2.08. The molecule has 0 unspecified atom stereocenters. The van der Waals surface area contributed by atoms with Gasteiger partial charge < -0.3 is 0 Å². The van der Waals surface area contributed by atoms with Crippen LogP contribution in [0.4, 0.5) is 0 Å². The molecule has 0 aliphatic rings. The number of benzene rings is 4. The first-order chi connectivity index (χ1) is 13.9. The lowest BCUT2D eigenvalue weighted by Crippen LogP contribution is -1.94. The monoisotopic (exact) mass is 357 g/mol. The molecule has 0 atom stereocenters. The fourth-order valence-electron chi connectivity index (χ4n) is 3.27. The van der Waals surface area contributed by atoms with Crippen LogP contribution in [0.1, 0.15) is 22.3 Å². The van der Waals surface area contributed by atoms with Crippen molar-refractivity contribution in [1.82, 2.24) is 0 Å². The molecule has 0 amide bonds. The maximum absolute atomic E-state index is 3.60. The molecule has 0 spiro atoms. The van der Waals surface area contributed by atoms with Gasteiger partial charge in [-0.2, -0.15) is 0 Å². The first-order valence-electron chi connectivity index (χ1n) is 9.47. The second-order valence-corrected chi connectivity index (χ2v) is 6.55. The summed E-state index contributed by atoms with van der Waals surface area (Å²) in [5.41, 5.74) is 6.92. The Morgan fingerprint density at radius 2 is 0.857 bits per heavy atom. The summed E-state index contributed by atoms with van der Waals surface area (Å²) in [6.07, 6.45) is 5.67. The van der Waals surface area contributed by atoms with E-state index in [0.717, 1.165) is 16.7 Å². The third-order valence-corrected chi connectivity index (χ3v) is 4.62. The third-order valence-electron chi connectivity index (χ3n) is 4.62. The zero-order chi connectivity index (χ0) is 19.0. The summed E-state index contributed by atoms with van der Waals surface area (Å²) in [6.45, 7) is 0. The summed E-state index contributed by atoms with van der Waals surface area (Å²) in [7, 11) is 0. The zero-order valence-corrected chi connectivity index (χ0v) is 15.6. The van der Waals surface area contributed by atoms with E-state index in [1.54, 1.807) is 0 Å². The van der Waals surface area contributed by atoms with E-state index in [0.29, 0.717) is 0 Å². The normalized spacial score (nSPS) is 10.4. The van der Waals surface area contributed by atoms with Gasteiger partial charge in [0.25, 0.3) is 0 Å². The van der Waals surface area contributed by atoms with E-state index in [2.05, 4.69) is 121 Å². The molecular formula is C28H21+. The summed E-state index contributed by atoms with van der Waals surface area (Å²) in [5, 5.41) is 0. The Hall–Kier alpha value is -3.73. The third kappa shape index (κ3) is 4.15. The minimum Gasteiger partial charge on any atom is -0.0622 e. The van der Waals surface area contributed by atoms with Crippen molar-refractivity contribution in [2.24, 2.45) is 0 Å². The van der Waals surface area contributed by atoms with E-state index in [-0.39, 0.29) is 0 Å². The highest BCUT2D eigenvalue weighted by Gasteiger charge is 2.19. The molecule has 0 saturated carbocycles. The van der Waals surface area contributed by atoms with Crippen molar-refractivity contribution in [2.75, 3.05) is 0 Å². The average molecular weight is 357 g/mol. The van der Waals surface area contributed by atoms with Crippen molar-refractivity contribution in [3.05, 3.63) is 150 Å². The van der Waals surface area contributed by atoms with E-state index in [1.165, 1.54) is 16.7 Å². The fourth-order valence-corrected chi connectivity index (χ4v) is 3.27. The van der Waals surface area contributed by atoms with E-state index in [4.69, 9.17) is 0 Å². The minimum atomic E-state index is 1.09. The number of hydrogen-bond donors (Lipinski definition) is 0. The second kappa shape index (κ2) is 8.77. The molecule has 0 heterocycles. The van der Waals surface area contributed by atoms with Gasteiger partial charge in [0.15, 0.2) is 5.57 Å². The lowest BCUT2D eigenvalue weighted by molar-refractivity contribution is 1.53. The van der Waals surface area contributed by atoms with Gasteiger partial charge in [-0.25, -0.2) is 0 Å². The molecule has 4 aromatic carbocycles. The van der Waals surface area contributed by atoms with Crippen molar-refractivity contribution in [1.29, 1.82) is 0 Å². The summed E-state index contributed by atoms with van der Waals surface area (Å²) >= 11 is 0. The van der Waals surface area contributed by atoms with Crippen LogP contribution in [-0.2, 0) is 0 Å². The molecule has 0 N–H and O–H groups in total. The fraction of sp³-hybridized carbons (Fsp3) is 0. The van der Waals surface area contributed by atoms with Crippen LogP contribution in [0.3, 0.4) is 0 Å². The average Bonchev–Trinajstić information content (AvgIpc) is 2.79. The number of rotatable bonds is 5. The Morgan fingerprint density at radius 1 is 0.464 bits per heavy atom. The van der Waals surface area contributed by atoms with Crippen molar-refractivity contribution in [3.63, 3.8) is 0 Å². The largest absolute Gasteiger partial charge is 0.162 e. The summed E-state index contributed by atoms with van der Waals surface area (Å²) in [4.78, 5) is 0. The van der Waals surface area contributed by atoms with Crippen molar-refractivity contribution < 1.29 is 0 Å². The van der Waals surface area contributed by atoms with Gasteiger partial charge in [-0.15, -0.1) is 0 Å². The van der Waals surface area contributed by atoms with E-state index in [1.807, 2.05) is 12.1 Å². The van der Waals surface area contributed by atoms with Gasteiger partial charge in [-0.3, -0.25) is 0 Å². The van der Waals surface area contributed by atoms with Crippen LogP contribution in [0, 0.1) is 6.08 Å². The standard InChI is InChI=1S/C28H21/c1-5-13-23(14-6-1)21-22-27(24-15-7-2-8-16-24)28(25-17-9-3-10-18-25)26-19-11-4-12-20-26/h1-21H/q+1. The highest BCUT2D eigenvalue weighted by atomic mass is 14.1. The SMILES string of the molecule is [C+](=Cc1ccccc1)C(=C(c1ccccc1)c1ccccc1)c1ccccc1. The van der Waals surface area contributed by atoms with E-state index >= 15 is 0 Å². The van der Waals surface area contributed by atoms with Crippen LogP contribution < -0.4 is 0 Å². The molecule has 0 nitrogen and oxygen atoms in total. The molecule has 4 aromatic rings. The molecule has 0 saturated heterocycles. The molecule has 0 bridgehead atoms. The summed E-state index contributed by atoms with van der Waals surface area (Å²) < 4.78 is 0. The number of allylic oxidation sites excluding steroid dienone is 2. The van der Waals surface area contributed by atoms with Gasteiger partial charge in [-0.1, -0.05) is 72.8 Å². The van der Waals surface area contributed by atoms with Gasteiger partial charge in [0.1, 0.15) is 0 Å². The molecule has 0 heteroatoms. The topological polar surface area (TPSA) is 0 Å². The Morgan fingerprint density at radius 3 is 1.32 bits per heavy atom. The van der Waals surface area contributed by atoms with Gasteiger partial charge >= 0.3 is 0 Å². The van der Waals surface area contributed by atoms with Gasteiger partial charge in [-0.05, 0) is 48.5 Å². The Balaban J connectivity index is 1.96. The molecule has 0 aromatic heterocycles. The first kappa shape index (κ1) is 17.7. The van der Waals surface area contributed by atoms with Gasteiger partial charge in [0.05, 0.1) is 22.8 Å². The van der Waals surface area contributed by atoms with Crippen molar-refractivity contribution in [3.8, 4) is 0 Å². The lowest BCUT2D eigenvalue weighted by atomic mass is 9.89. The first-order valence-corrected chi connectivity index (χ1v) is 9.47. The molecular weight excluding hydrogens is 336 g/mol. The maximum atomic E-state index is 3.60. The predicted octanol–water partition coefficient (Wildman–Crippen LogP) is 7.16. The molecule has 132 valence electrons. The highest BCUT2D eigenvalue weighted by Crippen LogP contribution is 2.33. The van der Waals surface area contributed by atoms with Crippen LogP contribution in [0.2, 0.25) is 0 Å². The Kier molecular flexibility index (Phi) is 5.54. The minimum absolute atomic E-state index is 1.09. The van der Waals surface area contributed by atoms with E-state index < -0.39 is 0 Å². The van der Waals surface area contributed by atoms with Gasteiger partial charge in [0, 0.05) is 17.2 Å². The van der Waals surface area contributed by atoms with Crippen molar-refractivity contribution >= 4 is 17.2 Å². The van der Waals surface area contributed by atoms with Crippen LogP contribution in [0.15, 0.2) is 121 Å². The van der Waals surface area contributed by atoms with Crippen molar-refractivity contribution in [2.45, 2.75) is 0 Å². The maximum Gasteiger partial charge on any atom is 0.162 e. The van der Waals surface area contributed by atoms with Crippen LogP contribution >= 0.6 is 0 Å². The summed E-state index contributed by atoms with van der Waals surface area (Å²) in [5.74, 6) is 0. The summed E-state index contributed by atoms with van der Waals surface area (Å²) in [6, 6.07) is 41.9. The Bertz CT molecular complexity index is 1020. The van der Waals surface area contributed by atoms with Gasteiger partial charge in [0.2, 0.25) is 0 Å². The van der Waals surface area contributed by atoms with Crippen LogP contribution in [-0.4, -0.2) is 0 Å². The molecule has 0 radical (unpaired) electrons. The van der Waals surface area contributed by atoms with Crippen LogP contribution in [0.5, 0.6) is 0 Å². The van der Waals surface area contributed by atoms with Crippen LogP contribution in [0.25, 0.3) is 17.2 Å². The zero-order valence-electron chi connectivity index (χ0n) is 15.6. The quantitative estimate of drug-likeness (QED) is 0.202. The molecule has 28 heavy (non-hydrogen) atoms. The smallest absolute Gasteiger partial charge is 0.0622 e. The Labute approximate surface area is 167 Å². The molecule has 0 aliphatic heterocycles. The predicted molar refractivity (Wildman–Crippen MR) is 119 cm³/mol. The molecule has 0 fully saturated rings.